The van der Waals surface area contributed by atoms with Crippen molar-refractivity contribution in [2.75, 3.05) is 55.8 Å². The van der Waals surface area contributed by atoms with Crippen molar-refractivity contribution in [2.24, 2.45) is 0 Å². The van der Waals surface area contributed by atoms with Crippen molar-refractivity contribution in [1.29, 1.82) is 0 Å². The van der Waals surface area contributed by atoms with Crippen LogP contribution in [0.25, 0.3) is 11.2 Å². The molecule has 0 spiro atoms. The molecule has 2 aromatic heterocycles. The normalized spacial score (nSPS) is 16.4. The summed E-state index contributed by atoms with van der Waals surface area (Å²) in [5.74, 6) is 1.50. The van der Waals surface area contributed by atoms with Crippen molar-refractivity contribution in [3.8, 4) is 0 Å². The molecule has 10 heteroatoms. The van der Waals surface area contributed by atoms with Gasteiger partial charge in [-0.3, -0.25) is 9.69 Å². The van der Waals surface area contributed by atoms with Crippen LogP contribution in [0.3, 0.4) is 0 Å². The van der Waals surface area contributed by atoms with Crippen LogP contribution in [0.2, 0.25) is 0 Å². The number of likely N-dealkylation sites (tertiary alicyclic amines) is 2. The molecule has 0 bridgehead atoms. The molecular weight excluding hydrogens is 514 g/mol. The molecule has 2 aliphatic heterocycles. The number of hydrogen-bond donors (Lipinski definition) is 2. The van der Waals surface area contributed by atoms with Crippen LogP contribution in [0.5, 0.6) is 0 Å². The van der Waals surface area contributed by atoms with Gasteiger partial charge in [0, 0.05) is 77.2 Å². The third kappa shape index (κ3) is 6.43. The van der Waals surface area contributed by atoms with Gasteiger partial charge < -0.3 is 25.0 Å². The van der Waals surface area contributed by atoms with Gasteiger partial charge in [-0.05, 0) is 43.0 Å². The molecule has 6 rings (SSSR count). The number of piperidine rings is 1. The van der Waals surface area contributed by atoms with E-state index in [2.05, 4.69) is 62.9 Å². The van der Waals surface area contributed by atoms with E-state index in [0.29, 0.717) is 31.5 Å². The monoisotopic (exact) mass is 553 g/mol. The molecule has 2 fully saturated rings. The molecule has 4 heterocycles. The molecule has 214 valence electrons. The van der Waals surface area contributed by atoms with E-state index in [1.165, 1.54) is 5.56 Å². The maximum atomic E-state index is 12.2. The van der Waals surface area contributed by atoms with Crippen molar-refractivity contribution in [3.05, 3.63) is 66.5 Å². The number of aromatic nitrogens is 4. The maximum absolute atomic E-state index is 12.2. The van der Waals surface area contributed by atoms with E-state index in [-0.39, 0.29) is 5.91 Å². The molecule has 2 N–H and O–H groups in total. The largest absolute Gasteiger partial charge is 0.378 e. The number of nitrogens with one attached hydrogen (secondary N) is 2. The number of benzene rings is 2. The Hall–Kier alpha value is -4.18. The van der Waals surface area contributed by atoms with Crippen LogP contribution in [0, 0.1) is 0 Å². The average molecular weight is 554 g/mol. The minimum atomic E-state index is 0.230. The van der Waals surface area contributed by atoms with E-state index >= 15 is 0 Å². The van der Waals surface area contributed by atoms with E-state index in [9.17, 15) is 4.79 Å². The lowest BCUT2D eigenvalue weighted by molar-refractivity contribution is -0.127. The summed E-state index contributed by atoms with van der Waals surface area (Å²) in [7, 11) is 4.05. The number of carbonyl (C=O) groups excluding carboxylic acids is 1. The van der Waals surface area contributed by atoms with Crippen LogP contribution in [0.1, 0.15) is 31.2 Å². The Morgan fingerprint density at radius 1 is 0.976 bits per heavy atom. The van der Waals surface area contributed by atoms with Crippen LogP contribution in [-0.2, 0) is 17.9 Å². The predicted octanol–water partition coefficient (Wildman–Crippen LogP) is 4.33. The first-order valence-corrected chi connectivity index (χ1v) is 14.6. The fourth-order valence-electron chi connectivity index (χ4n) is 5.69. The molecular formula is C31H39N9O. The van der Waals surface area contributed by atoms with Crippen molar-refractivity contribution >= 4 is 40.2 Å². The van der Waals surface area contributed by atoms with Gasteiger partial charge in [-0.2, -0.15) is 9.97 Å². The van der Waals surface area contributed by atoms with Crippen LogP contribution < -0.4 is 15.5 Å². The van der Waals surface area contributed by atoms with E-state index in [0.717, 1.165) is 73.8 Å². The topological polar surface area (TPSA) is 94.5 Å². The van der Waals surface area contributed by atoms with Gasteiger partial charge in [-0.15, -0.1) is 0 Å². The number of amides is 1. The first-order valence-electron chi connectivity index (χ1n) is 14.6. The van der Waals surface area contributed by atoms with E-state index in [4.69, 9.17) is 15.0 Å². The van der Waals surface area contributed by atoms with Gasteiger partial charge in [-0.25, -0.2) is 4.98 Å². The summed E-state index contributed by atoms with van der Waals surface area (Å²) in [6.07, 6.45) is 5.46. The summed E-state index contributed by atoms with van der Waals surface area (Å²) in [6, 6.07) is 19.2. The van der Waals surface area contributed by atoms with Crippen molar-refractivity contribution in [2.45, 2.75) is 44.8 Å². The number of carbonyl (C=O) groups is 1. The number of fused-ring (bicyclic) bond motifs is 1. The van der Waals surface area contributed by atoms with Crippen molar-refractivity contribution in [1.82, 2.24) is 29.3 Å². The number of hydrogen-bond acceptors (Lipinski definition) is 8. The van der Waals surface area contributed by atoms with E-state index in [1.54, 1.807) is 0 Å². The average Bonchev–Trinajstić information content (AvgIpc) is 3.59. The first-order chi connectivity index (χ1) is 20.0. The molecule has 41 heavy (non-hydrogen) atoms. The quantitative estimate of drug-likeness (QED) is 0.300. The Kier molecular flexibility index (Phi) is 8.00. The van der Waals surface area contributed by atoms with Gasteiger partial charge in [0.25, 0.3) is 0 Å². The highest BCUT2D eigenvalue weighted by molar-refractivity contribution is 5.85. The van der Waals surface area contributed by atoms with E-state index in [1.807, 2.05) is 42.0 Å². The molecule has 0 unspecified atom stereocenters. The molecule has 2 aliphatic rings. The standard InChI is InChI=1S/C31H39N9O/c1-37(2)26-11-6-10-25(20-26)34-31-35-29(33-24-13-16-38(17-14-24)21-23-8-4-3-5-9-23)28-30(36-31)40(22-32-28)19-18-39-15-7-12-27(39)41/h3-6,8-11,20,22,24H,7,12-19,21H2,1-2H3,(H2,33,34,35,36). The van der Waals surface area contributed by atoms with Crippen LogP contribution in [-0.4, -0.2) is 81.5 Å². The summed E-state index contributed by atoms with van der Waals surface area (Å²) < 4.78 is 2.04. The minimum Gasteiger partial charge on any atom is -0.378 e. The molecule has 10 nitrogen and oxygen atoms in total. The summed E-state index contributed by atoms with van der Waals surface area (Å²) >= 11 is 0. The predicted molar refractivity (Wildman–Crippen MR) is 164 cm³/mol. The lowest BCUT2D eigenvalue weighted by Gasteiger charge is -2.32. The van der Waals surface area contributed by atoms with Gasteiger partial charge in [0.05, 0.1) is 6.33 Å². The Morgan fingerprint density at radius 3 is 2.56 bits per heavy atom. The summed E-state index contributed by atoms with van der Waals surface area (Å²) in [5.41, 5.74) is 4.90. The summed E-state index contributed by atoms with van der Waals surface area (Å²) in [4.78, 5) is 33.2. The molecule has 2 saturated heterocycles. The Balaban J connectivity index is 1.22. The highest BCUT2D eigenvalue weighted by Crippen LogP contribution is 2.27. The molecule has 4 aromatic rings. The number of anilines is 4. The first kappa shape index (κ1) is 27.0. The van der Waals surface area contributed by atoms with Crippen LogP contribution >= 0.6 is 0 Å². The summed E-state index contributed by atoms with van der Waals surface area (Å²) in [5, 5.41) is 7.14. The number of imidazole rings is 1. The Morgan fingerprint density at radius 2 is 1.80 bits per heavy atom. The van der Waals surface area contributed by atoms with Gasteiger partial charge in [0.2, 0.25) is 11.9 Å². The fourth-order valence-corrected chi connectivity index (χ4v) is 5.69. The second-order valence-corrected chi connectivity index (χ2v) is 11.2. The molecule has 0 aliphatic carbocycles. The third-order valence-corrected chi connectivity index (χ3v) is 8.04. The molecule has 0 radical (unpaired) electrons. The summed E-state index contributed by atoms with van der Waals surface area (Å²) in [6.45, 7) is 5.17. The zero-order valence-electron chi connectivity index (χ0n) is 24.0. The van der Waals surface area contributed by atoms with Crippen molar-refractivity contribution < 1.29 is 4.79 Å². The Bertz CT molecular complexity index is 1480. The zero-order valence-corrected chi connectivity index (χ0v) is 24.0. The molecule has 0 atom stereocenters. The van der Waals surface area contributed by atoms with Gasteiger partial charge in [-0.1, -0.05) is 36.4 Å². The van der Waals surface area contributed by atoms with E-state index < -0.39 is 0 Å². The lowest BCUT2D eigenvalue weighted by Crippen LogP contribution is -2.38. The molecule has 0 saturated carbocycles. The molecule has 2 aromatic carbocycles. The number of rotatable bonds is 10. The Labute approximate surface area is 241 Å². The number of nitrogens with zero attached hydrogens (tertiary/aromatic N) is 7. The zero-order chi connectivity index (χ0) is 28.2. The minimum absolute atomic E-state index is 0.230. The van der Waals surface area contributed by atoms with Crippen LogP contribution in [0.15, 0.2) is 60.9 Å². The highest BCUT2D eigenvalue weighted by Gasteiger charge is 2.23. The van der Waals surface area contributed by atoms with Crippen molar-refractivity contribution in [3.63, 3.8) is 0 Å². The fraction of sp³-hybridized carbons (Fsp3) is 0.419. The lowest BCUT2D eigenvalue weighted by atomic mass is 10.0. The van der Waals surface area contributed by atoms with Gasteiger partial charge >= 0.3 is 0 Å². The van der Waals surface area contributed by atoms with Gasteiger partial charge in [0.15, 0.2) is 17.0 Å². The van der Waals surface area contributed by atoms with Crippen LogP contribution in [0.4, 0.5) is 23.1 Å². The highest BCUT2D eigenvalue weighted by atomic mass is 16.2. The molecule has 1 amide bonds. The smallest absolute Gasteiger partial charge is 0.231 e. The second-order valence-electron chi connectivity index (χ2n) is 11.2. The SMILES string of the molecule is CN(C)c1cccc(Nc2nc(NC3CCN(Cc4ccccc4)CC3)c3ncn(CCN4CCCC4=O)c3n2)c1. The van der Waals surface area contributed by atoms with Gasteiger partial charge in [0.1, 0.15) is 0 Å². The maximum Gasteiger partial charge on any atom is 0.231 e. The third-order valence-electron chi connectivity index (χ3n) is 8.04. The second kappa shape index (κ2) is 12.1.